The first-order valence-electron chi connectivity index (χ1n) is 21.8. The van der Waals surface area contributed by atoms with Crippen LogP contribution in [0.3, 0.4) is 0 Å². The summed E-state index contributed by atoms with van der Waals surface area (Å²) in [5.74, 6) is 0.668. The lowest BCUT2D eigenvalue weighted by Gasteiger charge is -2.30. The predicted molar refractivity (Wildman–Crippen MR) is 268 cm³/mol. The van der Waals surface area contributed by atoms with E-state index < -0.39 is 0 Å². The third kappa shape index (κ3) is 4.71. The normalized spacial score (nSPS) is 14.3. The van der Waals surface area contributed by atoms with Gasteiger partial charge in [0.05, 0.1) is 27.8 Å². The third-order valence-electron chi connectivity index (χ3n) is 13.9. The number of para-hydroxylation sites is 2. The van der Waals surface area contributed by atoms with Crippen LogP contribution in [-0.4, -0.2) is 15.0 Å². The molecular formula is C60H37N3. The van der Waals surface area contributed by atoms with Crippen LogP contribution in [0.4, 0.5) is 5.69 Å². The quantitative estimate of drug-likeness (QED) is 0.155. The molecule has 0 N–H and O–H groups in total. The van der Waals surface area contributed by atoms with Crippen molar-refractivity contribution in [1.29, 1.82) is 0 Å². The molecule has 11 aromatic carbocycles. The molecule has 1 aliphatic rings. The van der Waals surface area contributed by atoms with Crippen molar-refractivity contribution in [2.24, 2.45) is 4.99 Å². The van der Waals surface area contributed by atoms with Gasteiger partial charge in [-0.1, -0.05) is 164 Å². The Kier molecular flexibility index (Phi) is 7.04. The molecule has 0 saturated carbocycles. The van der Waals surface area contributed by atoms with Crippen molar-refractivity contribution >= 4 is 109 Å². The minimum Gasteiger partial charge on any atom is -0.309 e. The molecule has 0 bridgehead atoms. The van der Waals surface area contributed by atoms with E-state index in [9.17, 15) is 0 Å². The van der Waals surface area contributed by atoms with Gasteiger partial charge in [-0.2, -0.15) is 0 Å². The van der Waals surface area contributed by atoms with Gasteiger partial charge in [-0.15, -0.1) is 0 Å². The fourth-order valence-electron chi connectivity index (χ4n) is 11.3. The first-order valence-corrected chi connectivity index (χ1v) is 21.8. The highest BCUT2D eigenvalue weighted by Gasteiger charge is 2.34. The Morgan fingerprint density at radius 1 is 0.365 bits per heavy atom. The standard InChI is InChI=1S/C60H37N3/c1-36-55(48-27-15-29-52-56(48)47-26-13-14-28-51(47)62(52)40-19-3-2-4-20-40)58-41-21-8-7-16-37(41)30-32-50(58)61-60(36)63-53-33-31-46-44-24-10-9-22-42(44)43-23-11-12-25-45(43)57(46)59(53)49-34-38-17-5-6-18-39(38)35-54(49)63/h2-35,55H,1H2. The summed E-state index contributed by atoms with van der Waals surface area (Å²) in [5.41, 5.74) is 10.1. The highest BCUT2D eigenvalue weighted by atomic mass is 15.1. The number of rotatable bonds is 2. The number of benzene rings is 11. The Labute approximate surface area is 362 Å². The van der Waals surface area contributed by atoms with Crippen molar-refractivity contribution in [1.82, 2.24) is 9.13 Å². The number of aromatic nitrogens is 2. The van der Waals surface area contributed by atoms with E-state index in [2.05, 4.69) is 215 Å². The average molecular weight is 800 g/mol. The number of fused-ring (bicyclic) bond motifs is 17. The molecule has 1 aliphatic heterocycles. The predicted octanol–water partition coefficient (Wildman–Crippen LogP) is 15.9. The molecule has 3 heteroatoms. The van der Waals surface area contributed by atoms with Crippen LogP contribution in [-0.2, 0) is 0 Å². The van der Waals surface area contributed by atoms with Crippen molar-refractivity contribution in [3.63, 3.8) is 0 Å². The van der Waals surface area contributed by atoms with E-state index in [-0.39, 0.29) is 5.92 Å². The van der Waals surface area contributed by atoms with Crippen LogP contribution in [0.25, 0.3) is 103 Å². The van der Waals surface area contributed by atoms with Crippen LogP contribution in [0, 0.1) is 0 Å². The molecule has 0 amide bonds. The molecule has 0 spiro atoms. The van der Waals surface area contributed by atoms with E-state index in [0.717, 1.165) is 33.8 Å². The van der Waals surface area contributed by atoms with E-state index >= 15 is 0 Å². The summed E-state index contributed by atoms with van der Waals surface area (Å²) >= 11 is 0. The summed E-state index contributed by atoms with van der Waals surface area (Å²) in [4.78, 5) is 5.74. The van der Waals surface area contributed by atoms with E-state index in [1.165, 1.54) is 97.6 Å². The Hall–Kier alpha value is -8.27. The maximum absolute atomic E-state index is 5.74. The fourth-order valence-corrected chi connectivity index (χ4v) is 11.3. The first-order chi connectivity index (χ1) is 31.2. The van der Waals surface area contributed by atoms with Crippen molar-refractivity contribution in [3.05, 3.63) is 230 Å². The van der Waals surface area contributed by atoms with Gasteiger partial charge >= 0.3 is 0 Å². The largest absolute Gasteiger partial charge is 0.309 e. The molecule has 1 unspecified atom stereocenters. The summed E-state index contributed by atoms with van der Waals surface area (Å²) in [7, 11) is 0. The van der Waals surface area contributed by atoms with Gasteiger partial charge in [-0.3, -0.25) is 4.57 Å². The molecule has 1 atom stereocenters. The van der Waals surface area contributed by atoms with Gasteiger partial charge in [0, 0.05) is 44.1 Å². The SMILES string of the molecule is C=C1C(n2c3cc4ccccc4cc3c3c4c5ccccc5c5ccccc5c4ccc32)=Nc2ccc3ccccc3c2C1c1cccc2c1c1ccccc1n2-c1ccccc1. The number of hydrogen-bond donors (Lipinski definition) is 0. The van der Waals surface area contributed by atoms with Crippen molar-refractivity contribution in [2.45, 2.75) is 5.92 Å². The molecule has 292 valence electrons. The number of aliphatic imine (C=N–C) groups is 1. The van der Waals surface area contributed by atoms with Gasteiger partial charge in [0.25, 0.3) is 0 Å². The summed E-state index contributed by atoms with van der Waals surface area (Å²) in [6, 6.07) is 75.6. The highest BCUT2D eigenvalue weighted by Crippen LogP contribution is 2.51. The molecule has 2 aromatic heterocycles. The molecule has 3 nitrogen and oxygen atoms in total. The van der Waals surface area contributed by atoms with Crippen LogP contribution in [0.1, 0.15) is 17.0 Å². The molecule has 3 heterocycles. The van der Waals surface area contributed by atoms with E-state index in [1.54, 1.807) is 0 Å². The van der Waals surface area contributed by atoms with Gasteiger partial charge in [0.15, 0.2) is 0 Å². The van der Waals surface area contributed by atoms with Crippen molar-refractivity contribution in [3.8, 4) is 5.69 Å². The number of nitrogens with zero attached hydrogens (tertiary/aromatic N) is 3. The fraction of sp³-hybridized carbons (Fsp3) is 0.0167. The minimum absolute atomic E-state index is 0.199. The maximum atomic E-state index is 5.74. The summed E-state index contributed by atoms with van der Waals surface area (Å²) in [6.07, 6.45) is 0. The summed E-state index contributed by atoms with van der Waals surface area (Å²) in [6.45, 7) is 5.14. The lowest BCUT2D eigenvalue weighted by molar-refractivity contribution is 0.981. The minimum atomic E-state index is -0.199. The van der Waals surface area contributed by atoms with Gasteiger partial charge in [0.2, 0.25) is 0 Å². The summed E-state index contributed by atoms with van der Waals surface area (Å²) < 4.78 is 4.84. The Balaban J connectivity index is 1.13. The van der Waals surface area contributed by atoms with Gasteiger partial charge < -0.3 is 4.57 Å². The van der Waals surface area contributed by atoms with Crippen molar-refractivity contribution in [2.75, 3.05) is 0 Å². The molecule has 63 heavy (non-hydrogen) atoms. The zero-order valence-electron chi connectivity index (χ0n) is 34.3. The van der Waals surface area contributed by atoms with Gasteiger partial charge in [-0.05, 0) is 108 Å². The van der Waals surface area contributed by atoms with Crippen LogP contribution in [0.5, 0.6) is 0 Å². The second kappa shape index (κ2) is 12.9. The molecule has 0 saturated heterocycles. The topological polar surface area (TPSA) is 22.2 Å². The first kappa shape index (κ1) is 34.4. The lowest BCUT2D eigenvalue weighted by Crippen LogP contribution is -2.23. The average Bonchev–Trinajstić information content (AvgIpc) is 3.86. The smallest absolute Gasteiger partial charge is 0.141 e. The summed E-state index contributed by atoms with van der Waals surface area (Å²) in [5, 5.41) is 17.3. The highest BCUT2D eigenvalue weighted by molar-refractivity contribution is 6.37. The van der Waals surface area contributed by atoms with Crippen LogP contribution in [0.15, 0.2) is 223 Å². The number of hydrogen-bond acceptors (Lipinski definition) is 1. The zero-order valence-corrected chi connectivity index (χ0v) is 34.3. The van der Waals surface area contributed by atoms with Gasteiger partial charge in [0.1, 0.15) is 5.84 Å². The van der Waals surface area contributed by atoms with Crippen LogP contribution >= 0.6 is 0 Å². The lowest BCUT2D eigenvalue weighted by atomic mass is 9.78. The van der Waals surface area contributed by atoms with Crippen LogP contribution < -0.4 is 0 Å². The molecule has 0 aliphatic carbocycles. The van der Waals surface area contributed by atoms with E-state index in [1.807, 2.05) is 0 Å². The van der Waals surface area contributed by atoms with E-state index in [0.29, 0.717) is 0 Å². The van der Waals surface area contributed by atoms with E-state index in [4.69, 9.17) is 11.6 Å². The zero-order chi connectivity index (χ0) is 41.3. The second-order valence-electron chi connectivity index (χ2n) is 17.1. The maximum Gasteiger partial charge on any atom is 0.141 e. The Bertz CT molecular complexity index is 4130. The van der Waals surface area contributed by atoms with Crippen LogP contribution in [0.2, 0.25) is 0 Å². The molecule has 13 aromatic rings. The Morgan fingerprint density at radius 3 is 1.73 bits per heavy atom. The molecule has 0 radical (unpaired) electrons. The molecule has 0 fully saturated rings. The van der Waals surface area contributed by atoms with Gasteiger partial charge in [-0.25, -0.2) is 4.99 Å². The third-order valence-corrected chi connectivity index (χ3v) is 13.9. The monoisotopic (exact) mass is 799 g/mol. The molecule has 14 rings (SSSR count). The Morgan fingerprint density at radius 2 is 0.952 bits per heavy atom. The second-order valence-corrected chi connectivity index (χ2v) is 17.1. The number of allylic oxidation sites excluding steroid dienone is 1. The molecular weight excluding hydrogens is 763 g/mol. The van der Waals surface area contributed by atoms with Crippen molar-refractivity contribution < 1.29 is 0 Å².